The normalized spacial score (nSPS) is 14.7. The van der Waals surface area contributed by atoms with Crippen LogP contribution in [-0.4, -0.2) is 44.5 Å². The number of piperidine rings is 1. The number of aromatic nitrogens is 4. The van der Waals surface area contributed by atoms with Crippen LogP contribution < -0.4 is 16.0 Å². The largest absolute Gasteiger partial charge is 0.444 e. The van der Waals surface area contributed by atoms with E-state index < -0.39 is 11.7 Å². The molecule has 1 aliphatic rings. The summed E-state index contributed by atoms with van der Waals surface area (Å²) in [4.78, 5) is 20.7. The second kappa shape index (κ2) is 9.76. The van der Waals surface area contributed by atoms with Crippen molar-refractivity contribution in [1.82, 2.24) is 25.1 Å². The average Bonchev–Trinajstić information content (AvgIpc) is 3.23. The van der Waals surface area contributed by atoms with Crippen molar-refractivity contribution < 1.29 is 9.53 Å². The van der Waals surface area contributed by atoms with Crippen LogP contribution in [0.3, 0.4) is 0 Å². The maximum Gasteiger partial charge on any atom is 0.412 e. The van der Waals surface area contributed by atoms with Gasteiger partial charge in [0.2, 0.25) is 5.28 Å². The first-order valence-electron chi connectivity index (χ1n) is 10.9. The highest BCUT2D eigenvalue weighted by Crippen LogP contribution is 2.31. The molecule has 0 bridgehead atoms. The number of rotatable bonds is 5. The fourth-order valence-corrected chi connectivity index (χ4v) is 3.78. The summed E-state index contributed by atoms with van der Waals surface area (Å²) in [6.45, 7) is 7.43. The number of nitrogens with zero attached hydrogens (tertiary/aromatic N) is 4. The molecule has 0 atom stereocenters. The van der Waals surface area contributed by atoms with Gasteiger partial charge in [-0.3, -0.25) is 10.00 Å². The Kier molecular flexibility index (Phi) is 6.80. The minimum atomic E-state index is -0.578. The summed E-state index contributed by atoms with van der Waals surface area (Å²) in [7, 11) is 0. The number of ether oxygens (including phenoxy) is 1. The molecule has 0 spiro atoms. The van der Waals surface area contributed by atoms with Gasteiger partial charge in [-0.15, -0.1) is 0 Å². The Morgan fingerprint density at radius 3 is 2.73 bits per heavy atom. The van der Waals surface area contributed by atoms with Crippen LogP contribution in [-0.2, 0) is 4.74 Å². The molecular weight excluding hydrogens is 442 g/mol. The van der Waals surface area contributed by atoms with E-state index in [1.807, 2.05) is 50.0 Å². The van der Waals surface area contributed by atoms with E-state index in [9.17, 15) is 4.79 Å². The van der Waals surface area contributed by atoms with Crippen molar-refractivity contribution in [1.29, 1.82) is 0 Å². The lowest BCUT2D eigenvalue weighted by Crippen LogP contribution is -2.29. The summed E-state index contributed by atoms with van der Waals surface area (Å²) in [6, 6.07) is 7.65. The van der Waals surface area contributed by atoms with Crippen molar-refractivity contribution in [3.8, 4) is 11.1 Å². The maximum atomic E-state index is 12.1. The van der Waals surface area contributed by atoms with Crippen molar-refractivity contribution >= 4 is 34.9 Å². The lowest BCUT2D eigenvalue weighted by Gasteiger charge is -2.22. The van der Waals surface area contributed by atoms with Gasteiger partial charge in [-0.05, 0) is 76.5 Å². The van der Waals surface area contributed by atoms with Crippen LogP contribution in [0.4, 0.5) is 22.0 Å². The van der Waals surface area contributed by atoms with E-state index in [1.165, 1.54) is 0 Å². The number of carbonyl (C=O) groups is 1. The number of carbonyl (C=O) groups excluding carboxylic acids is 1. The van der Waals surface area contributed by atoms with Gasteiger partial charge in [0, 0.05) is 34.9 Å². The van der Waals surface area contributed by atoms with Gasteiger partial charge in [-0.25, -0.2) is 9.78 Å². The maximum absolute atomic E-state index is 12.1. The minimum absolute atomic E-state index is 0.134. The summed E-state index contributed by atoms with van der Waals surface area (Å²) >= 11 is 6.10. The van der Waals surface area contributed by atoms with Gasteiger partial charge < -0.3 is 15.4 Å². The number of hydrogen-bond acceptors (Lipinski definition) is 7. The van der Waals surface area contributed by atoms with E-state index in [2.05, 4.69) is 31.0 Å². The number of halogens is 1. The lowest BCUT2D eigenvalue weighted by atomic mass is 10.1. The summed E-state index contributed by atoms with van der Waals surface area (Å²) < 4.78 is 7.34. The van der Waals surface area contributed by atoms with Crippen LogP contribution >= 0.6 is 11.6 Å². The highest BCUT2D eigenvalue weighted by molar-refractivity contribution is 6.28. The molecule has 3 heterocycles. The van der Waals surface area contributed by atoms with Crippen LogP contribution in [0.5, 0.6) is 0 Å². The Morgan fingerprint density at radius 2 is 1.97 bits per heavy atom. The molecule has 1 fully saturated rings. The SMILES string of the molecule is CC(C)(C)OC(=O)Nc1cccc(Nc2nc(Cl)ncc2-c2cnn(C3CCNCC3)c2)c1. The minimum Gasteiger partial charge on any atom is -0.444 e. The third-order valence-corrected chi connectivity index (χ3v) is 5.31. The molecule has 9 nitrogen and oxygen atoms in total. The van der Waals surface area contributed by atoms with Gasteiger partial charge in [-0.2, -0.15) is 10.1 Å². The highest BCUT2D eigenvalue weighted by Gasteiger charge is 2.19. The molecule has 0 unspecified atom stereocenters. The van der Waals surface area contributed by atoms with E-state index >= 15 is 0 Å². The van der Waals surface area contributed by atoms with Gasteiger partial charge >= 0.3 is 6.09 Å². The molecule has 0 radical (unpaired) electrons. The molecule has 0 aliphatic carbocycles. The standard InChI is InChI=1S/C23H28ClN7O2/c1-23(2,3)33-22(32)29-17-6-4-5-16(11-17)28-20-19(13-26-21(24)30-20)15-12-27-31(14-15)18-7-9-25-10-8-18/h4-6,11-14,18,25H,7-10H2,1-3H3,(H,29,32)(H,26,28,30). The number of amides is 1. The fraction of sp³-hybridized carbons (Fsp3) is 0.391. The first-order valence-corrected chi connectivity index (χ1v) is 11.3. The molecule has 3 aromatic rings. The summed E-state index contributed by atoms with van der Waals surface area (Å²) in [5.74, 6) is 0.550. The van der Waals surface area contributed by atoms with E-state index in [0.717, 1.165) is 42.7 Å². The zero-order chi connectivity index (χ0) is 23.4. The van der Waals surface area contributed by atoms with Gasteiger partial charge in [0.25, 0.3) is 0 Å². The molecule has 1 aliphatic heterocycles. The zero-order valence-electron chi connectivity index (χ0n) is 18.9. The molecule has 2 aromatic heterocycles. The van der Waals surface area contributed by atoms with E-state index in [-0.39, 0.29) is 5.28 Å². The molecule has 1 aromatic carbocycles. The van der Waals surface area contributed by atoms with Gasteiger partial charge in [-0.1, -0.05) is 6.07 Å². The molecule has 1 amide bonds. The number of anilines is 3. The Bertz CT molecular complexity index is 1120. The predicted octanol–water partition coefficient (Wildman–Crippen LogP) is 5.01. The van der Waals surface area contributed by atoms with E-state index in [1.54, 1.807) is 18.3 Å². The predicted molar refractivity (Wildman–Crippen MR) is 129 cm³/mol. The van der Waals surface area contributed by atoms with Crippen molar-refractivity contribution in [2.24, 2.45) is 0 Å². The summed E-state index contributed by atoms with van der Waals surface area (Å²) in [5, 5.41) is 14.1. The number of hydrogen-bond donors (Lipinski definition) is 3. The van der Waals surface area contributed by atoms with Crippen LogP contribution in [0.15, 0.2) is 42.9 Å². The van der Waals surface area contributed by atoms with Crippen LogP contribution in [0.1, 0.15) is 39.7 Å². The third-order valence-electron chi connectivity index (χ3n) is 5.13. The molecular formula is C23H28ClN7O2. The van der Waals surface area contributed by atoms with E-state index in [0.29, 0.717) is 17.5 Å². The zero-order valence-corrected chi connectivity index (χ0v) is 19.7. The van der Waals surface area contributed by atoms with Crippen molar-refractivity contribution in [2.45, 2.75) is 45.3 Å². The lowest BCUT2D eigenvalue weighted by molar-refractivity contribution is 0.0636. The fourth-order valence-electron chi connectivity index (χ4n) is 3.65. The van der Waals surface area contributed by atoms with Crippen LogP contribution in [0.25, 0.3) is 11.1 Å². The van der Waals surface area contributed by atoms with Gasteiger partial charge in [0.05, 0.1) is 12.2 Å². The second-order valence-corrected chi connectivity index (χ2v) is 9.26. The molecule has 1 saturated heterocycles. The van der Waals surface area contributed by atoms with Crippen LogP contribution in [0, 0.1) is 0 Å². The molecule has 10 heteroatoms. The second-order valence-electron chi connectivity index (χ2n) is 8.92. The topological polar surface area (TPSA) is 106 Å². The first-order chi connectivity index (χ1) is 15.8. The van der Waals surface area contributed by atoms with Crippen molar-refractivity contribution in [3.63, 3.8) is 0 Å². The van der Waals surface area contributed by atoms with E-state index in [4.69, 9.17) is 16.3 Å². The van der Waals surface area contributed by atoms with Crippen LogP contribution in [0.2, 0.25) is 5.28 Å². The Hall–Kier alpha value is -3.17. The Balaban J connectivity index is 1.54. The molecule has 174 valence electrons. The van der Waals surface area contributed by atoms with Gasteiger partial charge in [0.1, 0.15) is 11.4 Å². The monoisotopic (exact) mass is 469 g/mol. The Morgan fingerprint density at radius 1 is 1.21 bits per heavy atom. The van der Waals surface area contributed by atoms with Gasteiger partial charge in [0.15, 0.2) is 0 Å². The number of benzene rings is 1. The highest BCUT2D eigenvalue weighted by atomic mass is 35.5. The first kappa shape index (κ1) is 23.0. The number of nitrogens with one attached hydrogen (secondary N) is 3. The molecule has 0 saturated carbocycles. The third kappa shape index (κ3) is 6.21. The summed E-state index contributed by atoms with van der Waals surface area (Å²) in [5.41, 5.74) is 2.42. The molecule has 33 heavy (non-hydrogen) atoms. The van der Waals surface area contributed by atoms with Crippen molar-refractivity contribution in [2.75, 3.05) is 23.7 Å². The smallest absolute Gasteiger partial charge is 0.412 e. The summed E-state index contributed by atoms with van der Waals surface area (Å²) in [6.07, 6.45) is 7.09. The van der Waals surface area contributed by atoms with Crippen molar-refractivity contribution in [3.05, 3.63) is 48.1 Å². The average molecular weight is 470 g/mol. The Labute approximate surface area is 197 Å². The molecule has 3 N–H and O–H groups in total. The molecule has 4 rings (SSSR count). The quantitative estimate of drug-likeness (QED) is 0.451.